The van der Waals surface area contributed by atoms with E-state index in [1.807, 2.05) is 43.5 Å². The molecule has 2 saturated heterocycles. The van der Waals surface area contributed by atoms with Crippen LogP contribution >= 0.6 is 11.3 Å². The molecule has 0 radical (unpaired) electrons. The molecule has 0 saturated carbocycles. The van der Waals surface area contributed by atoms with E-state index in [2.05, 4.69) is 24.1 Å². The van der Waals surface area contributed by atoms with Crippen molar-refractivity contribution < 1.29 is 23.8 Å². The first-order valence-electron chi connectivity index (χ1n) is 11.0. The molecule has 2 aromatic rings. The first-order chi connectivity index (χ1) is 15.2. The maximum atomic E-state index is 12.9. The number of esters is 2. The lowest BCUT2D eigenvalue weighted by Crippen LogP contribution is -2.32. The summed E-state index contributed by atoms with van der Waals surface area (Å²) in [6.07, 6.45) is 1.00. The van der Waals surface area contributed by atoms with Crippen molar-refractivity contribution in [2.75, 3.05) is 18.5 Å². The Kier molecular flexibility index (Phi) is 6.27. The SMILES string of the molecule is Cc1ccccc1Nc1nc([C@]2(C)C[C@]3(C[C@@H](COCCC(C)C)OC3=O)C(=O)O2)cs1. The lowest BCUT2D eigenvalue weighted by molar-refractivity contribution is -0.160. The molecule has 8 heteroatoms. The van der Waals surface area contributed by atoms with Crippen LogP contribution in [0.25, 0.3) is 0 Å². The predicted octanol–water partition coefficient (Wildman–Crippen LogP) is 4.72. The molecule has 172 valence electrons. The third-order valence-electron chi connectivity index (χ3n) is 6.16. The van der Waals surface area contributed by atoms with Crippen molar-refractivity contribution in [3.05, 3.63) is 40.9 Å². The predicted molar refractivity (Wildman–Crippen MR) is 122 cm³/mol. The van der Waals surface area contributed by atoms with E-state index in [0.717, 1.165) is 17.7 Å². The van der Waals surface area contributed by atoms with Crippen molar-refractivity contribution in [1.82, 2.24) is 4.98 Å². The highest BCUT2D eigenvalue weighted by molar-refractivity contribution is 7.13. The summed E-state index contributed by atoms with van der Waals surface area (Å²) < 4.78 is 17.0. The van der Waals surface area contributed by atoms with Gasteiger partial charge in [0, 0.05) is 30.5 Å². The number of rotatable bonds is 8. The molecule has 0 unspecified atom stereocenters. The first kappa shape index (κ1) is 22.7. The number of aromatic nitrogens is 1. The summed E-state index contributed by atoms with van der Waals surface area (Å²) in [5, 5.41) is 5.90. The van der Waals surface area contributed by atoms with E-state index >= 15 is 0 Å². The van der Waals surface area contributed by atoms with Gasteiger partial charge in [0.1, 0.15) is 6.10 Å². The Morgan fingerprint density at radius 2 is 2.06 bits per heavy atom. The third kappa shape index (κ3) is 4.38. The molecule has 3 atom stereocenters. The molecular weight excluding hydrogens is 428 g/mol. The Morgan fingerprint density at radius 1 is 1.28 bits per heavy atom. The van der Waals surface area contributed by atoms with Crippen molar-refractivity contribution in [3.63, 3.8) is 0 Å². The van der Waals surface area contributed by atoms with Crippen LogP contribution in [0.4, 0.5) is 10.8 Å². The van der Waals surface area contributed by atoms with Gasteiger partial charge in [-0.3, -0.25) is 9.59 Å². The van der Waals surface area contributed by atoms with E-state index in [0.29, 0.717) is 30.0 Å². The number of nitrogens with one attached hydrogen (secondary N) is 1. The summed E-state index contributed by atoms with van der Waals surface area (Å²) in [4.78, 5) is 30.3. The Labute approximate surface area is 192 Å². The minimum atomic E-state index is -1.28. The average Bonchev–Trinajstić information content (AvgIpc) is 3.39. The largest absolute Gasteiger partial charge is 0.459 e. The van der Waals surface area contributed by atoms with E-state index < -0.39 is 29.1 Å². The van der Waals surface area contributed by atoms with Crippen LogP contribution in [0.15, 0.2) is 29.6 Å². The van der Waals surface area contributed by atoms with Gasteiger partial charge in [0.15, 0.2) is 16.1 Å². The molecule has 0 bridgehead atoms. The van der Waals surface area contributed by atoms with Crippen molar-refractivity contribution in [2.45, 2.75) is 58.7 Å². The topological polar surface area (TPSA) is 86.8 Å². The number of benzene rings is 1. The van der Waals surface area contributed by atoms with Gasteiger partial charge in [0.2, 0.25) is 0 Å². The molecule has 1 N–H and O–H groups in total. The number of hydrogen-bond donors (Lipinski definition) is 1. The fourth-order valence-electron chi connectivity index (χ4n) is 4.25. The lowest BCUT2D eigenvalue weighted by atomic mass is 9.78. The number of ether oxygens (including phenoxy) is 3. The zero-order chi connectivity index (χ0) is 22.9. The average molecular weight is 459 g/mol. The summed E-state index contributed by atoms with van der Waals surface area (Å²) in [6.45, 7) is 9.00. The Morgan fingerprint density at radius 3 is 2.81 bits per heavy atom. The summed E-state index contributed by atoms with van der Waals surface area (Å²) in [6, 6.07) is 7.95. The molecule has 4 rings (SSSR count). The molecule has 1 spiro atoms. The summed E-state index contributed by atoms with van der Waals surface area (Å²) in [5.74, 6) is -0.505. The molecule has 0 aliphatic carbocycles. The van der Waals surface area contributed by atoms with E-state index in [1.165, 1.54) is 11.3 Å². The van der Waals surface area contributed by atoms with Gasteiger partial charge in [-0.1, -0.05) is 32.0 Å². The fraction of sp³-hybridized carbons (Fsp3) is 0.542. The van der Waals surface area contributed by atoms with Gasteiger partial charge < -0.3 is 19.5 Å². The standard InChI is InChI=1S/C24H30N2O5S/c1-15(2)9-10-29-12-17-11-24(20(27)30-17)14-23(4,31-21(24)28)19-13-32-22(26-19)25-18-8-6-5-7-16(18)3/h5-8,13,15,17H,9-12,14H2,1-4H3,(H,25,26)/t17-,23-,24-/m0/s1. The van der Waals surface area contributed by atoms with Crippen LogP contribution in [0.3, 0.4) is 0 Å². The third-order valence-corrected chi connectivity index (χ3v) is 6.92. The Bertz CT molecular complexity index is 1010. The van der Waals surface area contributed by atoms with Crippen LogP contribution in [0.5, 0.6) is 0 Å². The molecule has 2 aliphatic rings. The van der Waals surface area contributed by atoms with Crippen LogP contribution in [0.2, 0.25) is 0 Å². The van der Waals surface area contributed by atoms with Crippen LogP contribution in [0, 0.1) is 18.3 Å². The number of carbonyl (C=O) groups is 2. The van der Waals surface area contributed by atoms with Gasteiger partial charge in [-0.2, -0.15) is 0 Å². The molecule has 7 nitrogen and oxygen atoms in total. The maximum absolute atomic E-state index is 12.9. The highest BCUT2D eigenvalue weighted by Crippen LogP contribution is 2.52. The monoisotopic (exact) mass is 458 g/mol. The lowest BCUT2D eigenvalue weighted by Gasteiger charge is -2.20. The number of hydrogen-bond acceptors (Lipinski definition) is 8. The molecule has 2 fully saturated rings. The summed E-state index contributed by atoms with van der Waals surface area (Å²) in [7, 11) is 0. The van der Waals surface area contributed by atoms with E-state index in [4.69, 9.17) is 14.2 Å². The minimum Gasteiger partial charge on any atom is -0.459 e. The second kappa shape index (κ2) is 8.83. The van der Waals surface area contributed by atoms with E-state index in [9.17, 15) is 9.59 Å². The van der Waals surface area contributed by atoms with E-state index in [-0.39, 0.29) is 12.8 Å². The number of para-hydroxylation sites is 1. The number of nitrogens with zero attached hydrogens (tertiary/aromatic N) is 1. The molecule has 1 aromatic carbocycles. The Hall–Kier alpha value is -2.45. The molecular formula is C24H30N2O5S. The van der Waals surface area contributed by atoms with Crippen molar-refractivity contribution >= 4 is 34.1 Å². The fourth-order valence-corrected chi connectivity index (χ4v) is 5.09. The van der Waals surface area contributed by atoms with Crippen LogP contribution in [-0.2, 0) is 29.4 Å². The normalized spacial score (nSPS) is 27.2. The highest BCUT2D eigenvalue weighted by atomic mass is 32.1. The van der Waals surface area contributed by atoms with Gasteiger partial charge >= 0.3 is 11.9 Å². The molecule has 1 aromatic heterocycles. The minimum absolute atomic E-state index is 0.216. The Balaban J connectivity index is 1.44. The second-order valence-corrected chi connectivity index (χ2v) is 10.2. The van der Waals surface area contributed by atoms with Gasteiger partial charge in [-0.25, -0.2) is 4.98 Å². The maximum Gasteiger partial charge on any atom is 0.324 e. The number of anilines is 2. The van der Waals surface area contributed by atoms with Crippen molar-refractivity contribution in [2.24, 2.45) is 11.3 Å². The number of aryl methyl sites for hydroxylation is 1. The molecule has 0 amide bonds. The van der Waals surface area contributed by atoms with Gasteiger partial charge in [0.05, 0.1) is 12.3 Å². The van der Waals surface area contributed by atoms with Crippen LogP contribution in [0.1, 0.15) is 51.3 Å². The zero-order valence-electron chi connectivity index (χ0n) is 19.0. The molecule has 3 heterocycles. The van der Waals surface area contributed by atoms with Crippen molar-refractivity contribution in [1.29, 1.82) is 0 Å². The van der Waals surface area contributed by atoms with Crippen molar-refractivity contribution in [3.8, 4) is 0 Å². The molecule has 2 aliphatic heterocycles. The van der Waals surface area contributed by atoms with Gasteiger partial charge in [0.25, 0.3) is 0 Å². The van der Waals surface area contributed by atoms with Gasteiger partial charge in [-0.05, 0) is 37.8 Å². The molecule has 32 heavy (non-hydrogen) atoms. The summed E-state index contributed by atoms with van der Waals surface area (Å²) in [5.41, 5.74) is 0.447. The van der Waals surface area contributed by atoms with Gasteiger partial charge in [-0.15, -0.1) is 11.3 Å². The van der Waals surface area contributed by atoms with Crippen LogP contribution in [-0.4, -0.2) is 36.2 Å². The number of thiazole rings is 1. The zero-order valence-corrected chi connectivity index (χ0v) is 19.8. The number of carbonyl (C=O) groups excluding carboxylic acids is 2. The first-order valence-corrected chi connectivity index (χ1v) is 11.9. The number of cyclic esters (lactones) is 2. The summed E-state index contributed by atoms with van der Waals surface area (Å²) >= 11 is 1.44. The quantitative estimate of drug-likeness (QED) is 0.348. The smallest absolute Gasteiger partial charge is 0.324 e. The van der Waals surface area contributed by atoms with E-state index in [1.54, 1.807) is 0 Å². The highest BCUT2D eigenvalue weighted by Gasteiger charge is 2.65. The van der Waals surface area contributed by atoms with Crippen LogP contribution < -0.4 is 5.32 Å². The second-order valence-electron chi connectivity index (χ2n) is 9.35.